The van der Waals surface area contributed by atoms with Gasteiger partial charge < -0.3 is 19.6 Å². The Morgan fingerprint density at radius 3 is 3.10 bits per heavy atom. The monoisotopic (exact) mass is 277 g/mol. The van der Waals surface area contributed by atoms with Crippen LogP contribution in [-0.2, 0) is 17.9 Å². The van der Waals surface area contributed by atoms with Gasteiger partial charge in [0.15, 0.2) is 0 Å². The Morgan fingerprint density at radius 2 is 2.35 bits per heavy atom. The van der Waals surface area contributed by atoms with Crippen LogP contribution in [0.15, 0.2) is 35.1 Å². The van der Waals surface area contributed by atoms with Crippen LogP contribution in [-0.4, -0.2) is 34.3 Å². The normalized spacial score (nSPS) is 12.5. The van der Waals surface area contributed by atoms with Crippen molar-refractivity contribution >= 4 is 0 Å². The standard InChI is InChI=1S/C14H19N3O3/c1-11-16-5-4-12(17-11)7-15-8-13(18)9-19-10-14-3-2-6-20-14/h2-6,13,15,18H,7-10H2,1H3. The molecule has 6 nitrogen and oxygen atoms in total. The van der Waals surface area contributed by atoms with Gasteiger partial charge in [0.1, 0.15) is 18.2 Å². The lowest BCUT2D eigenvalue weighted by atomic mass is 10.3. The molecule has 20 heavy (non-hydrogen) atoms. The van der Waals surface area contributed by atoms with E-state index in [2.05, 4.69) is 15.3 Å². The fourth-order valence-electron chi connectivity index (χ4n) is 1.72. The van der Waals surface area contributed by atoms with Crippen molar-refractivity contribution < 1.29 is 14.3 Å². The molecular formula is C14H19N3O3. The molecule has 2 aromatic rings. The second-order valence-electron chi connectivity index (χ2n) is 4.47. The molecule has 6 heteroatoms. The fourth-order valence-corrected chi connectivity index (χ4v) is 1.72. The molecule has 2 aromatic heterocycles. The summed E-state index contributed by atoms with van der Waals surface area (Å²) in [5, 5.41) is 12.9. The Balaban J connectivity index is 1.59. The highest BCUT2D eigenvalue weighted by atomic mass is 16.5. The highest BCUT2D eigenvalue weighted by Crippen LogP contribution is 2.02. The van der Waals surface area contributed by atoms with Gasteiger partial charge in [-0.15, -0.1) is 0 Å². The van der Waals surface area contributed by atoms with E-state index >= 15 is 0 Å². The Labute approximate surface area is 117 Å². The summed E-state index contributed by atoms with van der Waals surface area (Å²) in [4.78, 5) is 8.30. The van der Waals surface area contributed by atoms with Crippen molar-refractivity contribution in [2.75, 3.05) is 13.2 Å². The van der Waals surface area contributed by atoms with E-state index in [0.29, 0.717) is 19.7 Å². The molecule has 2 heterocycles. The Morgan fingerprint density at radius 1 is 1.45 bits per heavy atom. The third-order valence-corrected chi connectivity index (χ3v) is 2.65. The van der Waals surface area contributed by atoms with Crippen LogP contribution in [0.4, 0.5) is 0 Å². The number of aliphatic hydroxyl groups is 1. The third-order valence-electron chi connectivity index (χ3n) is 2.65. The summed E-state index contributed by atoms with van der Waals surface area (Å²) in [7, 11) is 0. The minimum absolute atomic E-state index is 0.260. The van der Waals surface area contributed by atoms with Crippen molar-refractivity contribution in [2.24, 2.45) is 0 Å². The number of aryl methyl sites for hydroxylation is 1. The van der Waals surface area contributed by atoms with E-state index < -0.39 is 6.10 Å². The van der Waals surface area contributed by atoms with Crippen molar-refractivity contribution in [1.82, 2.24) is 15.3 Å². The SMILES string of the molecule is Cc1nccc(CNCC(O)COCc2ccco2)n1. The first-order valence-electron chi connectivity index (χ1n) is 6.51. The maximum Gasteiger partial charge on any atom is 0.129 e. The molecule has 0 saturated heterocycles. The zero-order valence-corrected chi connectivity index (χ0v) is 11.5. The molecule has 0 aliphatic rings. The predicted molar refractivity (Wildman–Crippen MR) is 72.8 cm³/mol. The van der Waals surface area contributed by atoms with Gasteiger partial charge in [0.25, 0.3) is 0 Å². The maximum absolute atomic E-state index is 9.76. The molecule has 1 unspecified atom stereocenters. The first kappa shape index (κ1) is 14.6. The van der Waals surface area contributed by atoms with Crippen LogP contribution >= 0.6 is 0 Å². The van der Waals surface area contributed by atoms with Gasteiger partial charge >= 0.3 is 0 Å². The van der Waals surface area contributed by atoms with Crippen LogP contribution in [0.2, 0.25) is 0 Å². The molecule has 2 N–H and O–H groups in total. The minimum atomic E-state index is -0.562. The number of furan rings is 1. The van der Waals surface area contributed by atoms with Gasteiger partial charge in [0.2, 0.25) is 0 Å². The highest BCUT2D eigenvalue weighted by Gasteiger charge is 2.05. The van der Waals surface area contributed by atoms with Gasteiger partial charge in [0, 0.05) is 19.3 Å². The summed E-state index contributed by atoms with van der Waals surface area (Å²) >= 11 is 0. The Hall–Kier alpha value is -1.76. The minimum Gasteiger partial charge on any atom is -0.467 e. The number of nitrogens with one attached hydrogen (secondary N) is 1. The van der Waals surface area contributed by atoms with Crippen molar-refractivity contribution in [3.63, 3.8) is 0 Å². The number of hydrogen-bond acceptors (Lipinski definition) is 6. The molecule has 108 valence electrons. The Kier molecular flexibility index (Phi) is 5.67. The molecule has 0 aliphatic heterocycles. The van der Waals surface area contributed by atoms with Gasteiger partial charge in [0.05, 0.1) is 24.7 Å². The average molecular weight is 277 g/mol. The molecule has 0 spiro atoms. The predicted octanol–water partition coefficient (Wildman–Crippen LogP) is 1.05. The van der Waals surface area contributed by atoms with Crippen LogP contribution in [0.5, 0.6) is 0 Å². The summed E-state index contributed by atoms with van der Waals surface area (Å²) in [5.41, 5.74) is 0.904. The number of aliphatic hydroxyl groups excluding tert-OH is 1. The summed E-state index contributed by atoms with van der Waals surface area (Å²) < 4.78 is 10.5. The lowest BCUT2D eigenvalue weighted by Crippen LogP contribution is -2.30. The van der Waals surface area contributed by atoms with Crippen LogP contribution < -0.4 is 5.32 Å². The molecule has 0 saturated carbocycles. The fraction of sp³-hybridized carbons (Fsp3) is 0.429. The highest BCUT2D eigenvalue weighted by molar-refractivity contribution is 5.01. The second kappa shape index (κ2) is 7.74. The van der Waals surface area contributed by atoms with Crippen molar-refractivity contribution in [3.8, 4) is 0 Å². The van der Waals surface area contributed by atoms with E-state index in [-0.39, 0.29) is 6.61 Å². The number of aromatic nitrogens is 2. The third kappa shape index (κ3) is 5.08. The average Bonchev–Trinajstić information content (AvgIpc) is 2.92. The second-order valence-corrected chi connectivity index (χ2v) is 4.47. The molecule has 2 rings (SSSR count). The van der Waals surface area contributed by atoms with Crippen molar-refractivity contribution in [3.05, 3.63) is 47.9 Å². The largest absolute Gasteiger partial charge is 0.467 e. The number of nitrogens with zero attached hydrogens (tertiary/aromatic N) is 2. The van der Waals surface area contributed by atoms with E-state index in [1.807, 2.05) is 19.1 Å². The molecule has 0 fully saturated rings. The summed E-state index contributed by atoms with van der Waals surface area (Å²) in [6.45, 7) is 3.52. The van der Waals surface area contributed by atoms with E-state index in [0.717, 1.165) is 17.3 Å². The molecule has 0 aromatic carbocycles. The zero-order valence-electron chi connectivity index (χ0n) is 11.5. The molecule has 0 amide bonds. The van der Waals surface area contributed by atoms with Crippen LogP contribution in [0.3, 0.4) is 0 Å². The summed E-state index contributed by atoms with van der Waals surface area (Å²) in [6.07, 6.45) is 2.76. The van der Waals surface area contributed by atoms with Gasteiger partial charge in [-0.2, -0.15) is 0 Å². The van der Waals surface area contributed by atoms with E-state index in [1.165, 1.54) is 0 Å². The van der Waals surface area contributed by atoms with Crippen molar-refractivity contribution in [1.29, 1.82) is 0 Å². The van der Waals surface area contributed by atoms with Crippen LogP contribution in [0.25, 0.3) is 0 Å². The van der Waals surface area contributed by atoms with Crippen LogP contribution in [0.1, 0.15) is 17.3 Å². The first-order valence-corrected chi connectivity index (χ1v) is 6.51. The van der Waals surface area contributed by atoms with Crippen LogP contribution in [0, 0.1) is 6.92 Å². The van der Waals surface area contributed by atoms with Gasteiger partial charge in [-0.1, -0.05) is 0 Å². The summed E-state index contributed by atoms with van der Waals surface area (Å²) in [5.74, 6) is 1.49. The maximum atomic E-state index is 9.76. The number of hydrogen-bond donors (Lipinski definition) is 2. The van der Waals surface area contributed by atoms with E-state index in [9.17, 15) is 5.11 Å². The van der Waals surface area contributed by atoms with E-state index in [4.69, 9.17) is 9.15 Å². The first-order chi connectivity index (χ1) is 9.74. The molecular weight excluding hydrogens is 258 g/mol. The van der Waals surface area contributed by atoms with Crippen molar-refractivity contribution in [2.45, 2.75) is 26.2 Å². The smallest absolute Gasteiger partial charge is 0.129 e. The van der Waals surface area contributed by atoms with Gasteiger partial charge in [-0.3, -0.25) is 0 Å². The number of ether oxygens (including phenoxy) is 1. The quantitative estimate of drug-likeness (QED) is 0.750. The topological polar surface area (TPSA) is 80.4 Å². The van der Waals surface area contributed by atoms with Gasteiger partial charge in [-0.25, -0.2) is 9.97 Å². The molecule has 0 bridgehead atoms. The zero-order chi connectivity index (χ0) is 14.2. The lowest BCUT2D eigenvalue weighted by molar-refractivity contribution is 0.0225. The lowest BCUT2D eigenvalue weighted by Gasteiger charge is -2.11. The molecule has 0 aliphatic carbocycles. The Bertz CT molecular complexity index is 502. The number of rotatable bonds is 8. The molecule has 0 radical (unpaired) electrons. The summed E-state index contributed by atoms with van der Waals surface area (Å²) in [6, 6.07) is 5.49. The van der Waals surface area contributed by atoms with Gasteiger partial charge in [-0.05, 0) is 25.1 Å². The van der Waals surface area contributed by atoms with E-state index in [1.54, 1.807) is 18.5 Å². The molecule has 1 atom stereocenters.